The largest absolute Gasteiger partial charge is 0.369 e. The van der Waals surface area contributed by atoms with Gasteiger partial charge in [0.15, 0.2) is 5.11 Å². The monoisotopic (exact) mass is 595 g/mol. The fraction of sp³-hybridized carbons (Fsp3) is 0.242. The Morgan fingerprint density at radius 3 is 2.60 bits per heavy atom. The summed E-state index contributed by atoms with van der Waals surface area (Å²) in [7, 11) is 0. The van der Waals surface area contributed by atoms with Crippen molar-refractivity contribution in [3.63, 3.8) is 0 Å². The van der Waals surface area contributed by atoms with Gasteiger partial charge in [-0.05, 0) is 78.8 Å². The maximum Gasteiger partial charge on any atom is 0.251 e. The second kappa shape index (κ2) is 12.4. The van der Waals surface area contributed by atoms with Crippen LogP contribution in [0.15, 0.2) is 101 Å². The number of anilines is 3. The van der Waals surface area contributed by atoms with Crippen LogP contribution in [0.2, 0.25) is 0 Å². The first kappa shape index (κ1) is 28.1. The van der Waals surface area contributed by atoms with Gasteiger partial charge in [-0.1, -0.05) is 42.5 Å². The summed E-state index contributed by atoms with van der Waals surface area (Å²) in [6, 6.07) is 29.3. The van der Waals surface area contributed by atoms with E-state index in [4.69, 9.17) is 12.2 Å². The molecule has 3 N–H and O–H groups in total. The van der Waals surface area contributed by atoms with Crippen LogP contribution in [0.1, 0.15) is 34.0 Å². The molecule has 0 aliphatic carbocycles. The van der Waals surface area contributed by atoms with E-state index in [1.54, 1.807) is 17.8 Å². The highest BCUT2D eigenvalue weighted by Gasteiger charge is 2.35. The number of fused-ring (bicyclic) bond motifs is 4. The van der Waals surface area contributed by atoms with E-state index in [-0.39, 0.29) is 17.4 Å². The van der Waals surface area contributed by atoms with E-state index >= 15 is 0 Å². The lowest BCUT2D eigenvalue weighted by Crippen LogP contribution is -2.47. The van der Waals surface area contributed by atoms with Gasteiger partial charge in [0.2, 0.25) is 0 Å². The maximum atomic E-state index is 13.2. The average Bonchev–Trinajstić information content (AvgIpc) is 3.01. The third-order valence-electron chi connectivity index (χ3n) is 7.95. The van der Waals surface area contributed by atoms with Crippen LogP contribution in [0.5, 0.6) is 0 Å². The van der Waals surface area contributed by atoms with Crippen molar-refractivity contribution in [3.05, 3.63) is 118 Å². The minimum atomic E-state index is -0.149. The molecule has 4 aromatic rings. The van der Waals surface area contributed by atoms with Gasteiger partial charge >= 0.3 is 0 Å². The highest BCUT2D eigenvalue weighted by atomic mass is 32.2. The van der Waals surface area contributed by atoms with Crippen molar-refractivity contribution in [1.29, 1.82) is 0 Å². The van der Waals surface area contributed by atoms with Gasteiger partial charge in [0, 0.05) is 60.0 Å². The lowest BCUT2D eigenvalue weighted by atomic mass is 9.83. The predicted molar refractivity (Wildman–Crippen MR) is 176 cm³/mol. The molecule has 1 amide bonds. The van der Waals surface area contributed by atoms with Gasteiger partial charge in [0.1, 0.15) is 0 Å². The van der Waals surface area contributed by atoms with Gasteiger partial charge in [-0.3, -0.25) is 9.59 Å². The number of aromatic nitrogens is 1. The number of thioether (sulfide) groups is 1. The molecule has 1 aromatic heterocycles. The molecule has 6 rings (SSSR count). The number of rotatable bonds is 7. The molecule has 0 radical (unpaired) electrons. The van der Waals surface area contributed by atoms with Gasteiger partial charge in [-0.25, -0.2) is 0 Å². The molecule has 9 heteroatoms. The standard InChI is InChI=1S/C33H33N5O2S2/c1-42-27-10-5-9-26(17-27)35-33(41)36-28-16-24(32(40)34-18-22-7-3-2-4-8-22)13-14-30(28)37-19-23-15-25(21-37)29-11-6-12-31(39)38(29)20-23/h2-14,16-17,23,25H,15,18-21H2,1H3,(H,34,40)(H2,35,36,41)/t23-,25+/m1/s1. The van der Waals surface area contributed by atoms with E-state index in [9.17, 15) is 9.59 Å². The molecule has 0 unspecified atom stereocenters. The number of benzene rings is 3. The fourth-order valence-electron chi connectivity index (χ4n) is 6.01. The van der Waals surface area contributed by atoms with Crippen LogP contribution in [0.4, 0.5) is 17.1 Å². The van der Waals surface area contributed by atoms with Crippen LogP contribution < -0.4 is 26.4 Å². The average molecular weight is 596 g/mol. The molecule has 7 nitrogen and oxygen atoms in total. The number of hydrogen-bond donors (Lipinski definition) is 3. The molecule has 1 saturated heterocycles. The van der Waals surface area contributed by atoms with Gasteiger partial charge in [-0.15, -0.1) is 11.8 Å². The highest BCUT2D eigenvalue weighted by Crippen LogP contribution is 2.39. The topological polar surface area (TPSA) is 78.4 Å². The number of hydrogen-bond acceptors (Lipinski definition) is 5. The second-order valence-electron chi connectivity index (χ2n) is 10.8. The minimum Gasteiger partial charge on any atom is -0.369 e. The Morgan fingerprint density at radius 1 is 0.929 bits per heavy atom. The third-order valence-corrected chi connectivity index (χ3v) is 8.88. The summed E-state index contributed by atoms with van der Waals surface area (Å²) < 4.78 is 1.94. The first-order valence-electron chi connectivity index (χ1n) is 14.1. The van der Waals surface area contributed by atoms with Crippen LogP contribution in [0.25, 0.3) is 0 Å². The summed E-state index contributed by atoms with van der Waals surface area (Å²) in [5, 5.41) is 10.2. The number of nitrogens with zero attached hydrogens (tertiary/aromatic N) is 2. The number of amides is 1. The first-order valence-corrected chi connectivity index (χ1v) is 15.7. The van der Waals surface area contributed by atoms with E-state index in [2.05, 4.69) is 39.0 Å². The van der Waals surface area contributed by atoms with Crippen LogP contribution in [0.3, 0.4) is 0 Å². The van der Waals surface area contributed by atoms with Crippen molar-refractivity contribution in [2.75, 3.05) is 34.9 Å². The Hall–Kier alpha value is -4.08. The number of carbonyl (C=O) groups is 1. The molecule has 2 atom stereocenters. The van der Waals surface area contributed by atoms with E-state index in [0.29, 0.717) is 23.1 Å². The molecule has 0 saturated carbocycles. The summed E-state index contributed by atoms with van der Waals surface area (Å²) in [5.41, 5.74) is 5.42. The van der Waals surface area contributed by atoms with Crippen LogP contribution in [-0.2, 0) is 13.1 Å². The Bertz CT molecular complexity index is 1670. The molecular weight excluding hydrogens is 563 g/mol. The summed E-state index contributed by atoms with van der Waals surface area (Å²) in [4.78, 5) is 29.2. The van der Waals surface area contributed by atoms with E-state index in [1.165, 1.54) is 0 Å². The molecule has 214 valence electrons. The zero-order valence-electron chi connectivity index (χ0n) is 23.4. The maximum absolute atomic E-state index is 13.2. The molecule has 2 aliphatic heterocycles. The van der Waals surface area contributed by atoms with Gasteiger partial charge in [-0.2, -0.15) is 0 Å². The smallest absolute Gasteiger partial charge is 0.251 e. The van der Waals surface area contributed by atoms with E-state index < -0.39 is 0 Å². The van der Waals surface area contributed by atoms with Crippen molar-refractivity contribution < 1.29 is 4.79 Å². The SMILES string of the molecule is CSc1cccc(NC(=S)Nc2cc(C(=O)NCc3ccccc3)ccc2N2C[C@H]3C[C@@H](C2)c2cccc(=O)n2C3)c1. The summed E-state index contributed by atoms with van der Waals surface area (Å²) in [6.07, 6.45) is 3.10. The molecule has 42 heavy (non-hydrogen) atoms. The molecule has 2 bridgehead atoms. The summed E-state index contributed by atoms with van der Waals surface area (Å²) >= 11 is 7.41. The Morgan fingerprint density at radius 2 is 1.76 bits per heavy atom. The summed E-state index contributed by atoms with van der Waals surface area (Å²) in [6.45, 7) is 2.77. The Kier molecular flexibility index (Phi) is 8.30. The molecule has 3 heterocycles. The predicted octanol–water partition coefficient (Wildman–Crippen LogP) is 5.93. The number of thiocarbonyl (C=S) groups is 1. The quantitative estimate of drug-likeness (QED) is 0.181. The number of nitrogens with one attached hydrogen (secondary N) is 3. The van der Waals surface area contributed by atoms with Crippen LogP contribution in [0, 0.1) is 5.92 Å². The zero-order chi connectivity index (χ0) is 29.1. The third kappa shape index (κ3) is 6.22. The minimum absolute atomic E-state index is 0.0749. The lowest BCUT2D eigenvalue weighted by Gasteiger charge is -2.44. The Balaban J connectivity index is 1.27. The van der Waals surface area contributed by atoms with Gasteiger partial charge in [0.05, 0.1) is 11.4 Å². The molecule has 2 aliphatic rings. The lowest BCUT2D eigenvalue weighted by molar-refractivity contribution is 0.0951. The van der Waals surface area contributed by atoms with Crippen molar-refractivity contribution >= 4 is 52.1 Å². The van der Waals surface area contributed by atoms with E-state index in [1.807, 2.05) is 77.6 Å². The van der Waals surface area contributed by atoms with Crippen molar-refractivity contribution in [2.24, 2.45) is 5.92 Å². The molecule has 1 fully saturated rings. The zero-order valence-corrected chi connectivity index (χ0v) is 25.0. The second-order valence-corrected chi connectivity index (χ2v) is 12.1. The van der Waals surface area contributed by atoms with Crippen molar-refractivity contribution in [1.82, 2.24) is 9.88 Å². The van der Waals surface area contributed by atoms with Crippen LogP contribution >= 0.6 is 24.0 Å². The number of piperidine rings is 1. The van der Waals surface area contributed by atoms with Crippen molar-refractivity contribution in [2.45, 2.75) is 30.3 Å². The normalized spacial score (nSPS) is 17.2. The number of carbonyl (C=O) groups excluding carboxylic acids is 1. The first-order chi connectivity index (χ1) is 20.5. The Labute approximate surface area is 255 Å². The fourth-order valence-corrected chi connectivity index (χ4v) is 6.70. The molecule has 3 aromatic carbocycles. The van der Waals surface area contributed by atoms with E-state index in [0.717, 1.165) is 59.3 Å². The van der Waals surface area contributed by atoms with Crippen LogP contribution in [-0.4, -0.2) is 34.9 Å². The number of pyridine rings is 1. The van der Waals surface area contributed by atoms with Gasteiger partial charge < -0.3 is 25.4 Å². The molecular formula is C33H33N5O2S2. The van der Waals surface area contributed by atoms with Gasteiger partial charge in [0.25, 0.3) is 11.5 Å². The summed E-state index contributed by atoms with van der Waals surface area (Å²) in [5.74, 6) is 0.466. The molecule has 0 spiro atoms. The highest BCUT2D eigenvalue weighted by molar-refractivity contribution is 7.98. The van der Waals surface area contributed by atoms with Crippen molar-refractivity contribution in [3.8, 4) is 0 Å².